The van der Waals surface area contributed by atoms with Crippen molar-refractivity contribution in [1.29, 1.82) is 0 Å². The summed E-state index contributed by atoms with van der Waals surface area (Å²) in [5.41, 5.74) is 2.85. The van der Waals surface area contributed by atoms with Gasteiger partial charge in [-0.1, -0.05) is 38.1 Å². The van der Waals surface area contributed by atoms with Crippen LogP contribution in [0.25, 0.3) is 0 Å². The summed E-state index contributed by atoms with van der Waals surface area (Å²) in [7, 11) is 0. The van der Waals surface area contributed by atoms with Crippen LogP contribution in [0.3, 0.4) is 0 Å². The van der Waals surface area contributed by atoms with Crippen molar-refractivity contribution in [1.82, 2.24) is 10.2 Å². The molecular formula is C17H28N2. The number of rotatable bonds is 9. The first-order valence-corrected chi connectivity index (χ1v) is 7.85. The zero-order chi connectivity index (χ0) is 13.5. The van der Waals surface area contributed by atoms with Gasteiger partial charge >= 0.3 is 0 Å². The largest absolute Gasteiger partial charge is 0.310 e. The molecule has 1 fully saturated rings. The summed E-state index contributed by atoms with van der Waals surface area (Å²) < 4.78 is 0. The fourth-order valence-electron chi connectivity index (χ4n) is 2.47. The van der Waals surface area contributed by atoms with Crippen LogP contribution >= 0.6 is 0 Å². The van der Waals surface area contributed by atoms with E-state index in [1.807, 2.05) is 0 Å². The number of hydrogen-bond acceptors (Lipinski definition) is 2. The Bertz CT molecular complexity index is 348. The van der Waals surface area contributed by atoms with Gasteiger partial charge in [-0.15, -0.1) is 0 Å². The van der Waals surface area contributed by atoms with Gasteiger partial charge in [0.25, 0.3) is 0 Å². The molecule has 2 rings (SSSR count). The van der Waals surface area contributed by atoms with E-state index in [9.17, 15) is 0 Å². The van der Waals surface area contributed by atoms with Crippen molar-refractivity contribution in [2.45, 2.75) is 58.7 Å². The van der Waals surface area contributed by atoms with E-state index in [0.717, 1.165) is 19.1 Å². The third-order valence-corrected chi connectivity index (χ3v) is 3.68. The minimum atomic E-state index is 0.796. The average molecular weight is 260 g/mol. The van der Waals surface area contributed by atoms with Crippen molar-refractivity contribution in [3.63, 3.8) is 0 Å². The Hall–Kier alpha value is -0.860. The molecule has 1 aromatic carbocycles. The Morgan fingerprint density at radius 2 is 1.58 bits per heavy atom. The molecule has 1 aliphatic carbocycles. The second-order valence-electron chi connectivity index (χ2n) is 5.75. The van der Waals surface area contributed by atoms with Crippen molar-refractivity contribution >= 4 is 0 Å². The molecule has 1 aromatic rings. The van der Waals surface area contributed by atoms with Crippen LogP contribution in [-0.2, 0) is 13.1 Å². The predicted octanol–water partition coefficient (Wildman–Crippen LogP) is 3.56. The van der Waals surface area contributed by atoms with E-state index in [1.165, 1.54) is 49.9 Å². The first-order chi connectivity index (χ1) is 9.31. The van der Waals surface area contributed by atoms with Crippen LogP contribution in [-0.4, -0.2) is 24.0 Å². The summed E-state index contributed by atoms with van der Waals surface area (Å²) in [6.07, 6.45) is 5.20. The second kappa shape index (κ2) is 7.66. The van der Waals surface area contributed by atoms with Gasteiger partial charge in [0.05, 0.1) is 0 Å². The van der Waals surface area contributed by atoms with E-state index in [4.69, 9.17) is 0 Å². The van der Waals surface area contributed by atoms with E-state index >= 15 is 0 Å². The van der Waals surface area contributed by atoms with Crippen LogP contribution in [0, 0.1) is 0 Å². The van der Waals surface area contributed by atoms with E-state index in [1.54, 1.807) is 0 Å². The van der Waals surface area contributed by atoms with Crippen molar-refractivity contribution in [3.8, 4) is 0 Å². The normalized spacial score (nSPS) is 15.1. The predicted molar refractivity (Wildman–Crippen MR) is 82.2 cm³/mol. The zero-order valence-corrected chi connectivity index (χ0v) is 12.5. The van der Waals surface area contributed by atoms with Crippen LogP contribution in [0.15, 0.2) is 24.3 Å². The van der Waals surface area contributed by atoms with Gasteiger partial charge in [-0.3, -0.25) is 4.90 Å². The Labute approximate surface area is 118 Å². The lowest BCUT2D eigenvalue weighted by molar-refractivity contribution is 0.266. The summed E-state index contributed by atoms with van der Waals surface area (Å²) in [5.74, 6) is 0. The third kappa shape index (κ3) is 5.33. The molecule has 1 aliphatic rings. The van der Waals surface area contributed by atoms with Crippen molar-refractivity contribution in [2.75, 3.05) is 13.1 Å². The maximum atomic E-state index is 3.56. The molecule has 0 saturated heterocycles. The monoisotopic (exact) mass is 260 g/mol. The lowest BCUT2D eigenvalue weighted by Crippen LogP contribution is -2.24. The van der Waals surface area contributed by atoms with E-state index in [0.29, 0.717) is 0 Å². The summed E-state index contributed by atoms with van der Waals surface area (Å²) in [6.45, 7) is 9.05. The molecule has 0 heterocycles. The van der Waals surface area contributed by atoms with Crippen LogP contribution in [0.5, 0.6) is 0 Å². The van der Waals surface area contributed by atoms with Gasteiger partial charge in [-0.05, 0) is 49.9 Å². The first kappa shape index (κ1) is 14.5. The molecule has 2 nitrogen and oxygen atoms in total. The highest BCUT2D eigenvalue weighted by molar-refractivity contribution is 5.22. The number of benzene rings is 1. The van der Waals surface area contributed by atoms with Gasteiger partial charge in [0.1, 0.15) is 0 Å². The standard InChI is InChI=1S/C17H28N2/c1-3-11-19(12-4-2)14-16-7-5-15(6-8-16)13-18-17-9-10-17/h5-8,17-18H,3-4,9-14H2,1-2H3. The highest BCUT2D eigenvalue weighted by atomic mass is 15.1. The van der Waals surface area contributed by atoms with E-state index in [2.05, 4.69) is 48.3 Å². The average Bonchev–Trinajstić information content (AvgIpc) is 3.23. The Kier molecular flexibility index (Phi) is 5.87. The number of nitrogens with one attached hydrogen (secondary N) is 1. The first-order valence-electron chi connectivity index (χ1n) is 7.85. The molecule has 2 heteroatoms. The van der Waals surface area contributed by atoms with Gasteiger partial charge in [0, 0.05) is 19.1 Å². The molecule has 0 atom stereocenters. The van der Waals surface area contributed by atoms with Gasteiger partial charge in [-0.25, -0.2) is 0 Å². The summed E-state index contributed by atoms with van der Waals surface area (Å²) >= 11 is 0. The van der Waals surface area contributed by atoms with E-state index in [-0.39, 0.29) is 0 Å². The molecule has 1 N–H and O–H groups in total. The quantitative estimate of drug-likeness (QED) is 0.730. The molecule has 0 unspecified atom stereocenters. The van der Waals surface area contributed by atoms with Crippen LogP contribution in [0.1, 0.15) is 50.7 Å². The number of hydrogen-bond donors (Lipinski definition) is 1. The van der Waals surface area contributed by atoms with Gasteiger partial charge in [-0.2, -0.15) is 0 Å². The topological polar surface area (TPSA) is 15.3 Å². The Morgan fingerprint density at radius 3 is 2.11 bits per heavy atom. The molecule has 106 valence electrons. The third-order valence-electron chi connectivity index (χ3n) is 3.68. The molecule has 1 saturated carbocycles. The second-order valence-corrected chi connectivity index (χ2v) is 5.75. The molecule has 0 spiro atoms. The lowest BCUT2D eigenvalue weighted by atomic mass is 10.1. The van der Waals surface area contributed by atoms with Crippen LogP contribution in [0.2, 0.25) is 0 Å². The molecule has 0 aliphatic heterocycles. The van der Waals surface area contributed by atoms with Gasteiger partial charge in [0.2, 0.25) is 0 Å². The van der Waals surface area contributed by atoms with Gasteiger partial charge < -0.3 is 5.32 Å². The summed E-state index contributed by atoms with van der Waals surface area (Å²) in [5, 5.41) is 3.56. The highest BCUT2D eigenvalue weighted by Gasteiger charge is 2.19. The maximum Gasteiger partial charge on any atom is 0.0233 e. The molecule has 0 amide bonds. The maximum absolute atomic E-state index is 3.56. The van der Waals surface area contributed by atoms with Crippen LogP contribution in [0.4, 0.5) is 0 Å². The molecule has 0 bridgehead atoms. The highest BCUT2D eigenvalue weighted by Crippen LogP contribution is 2.19. The summed E-state index contributed by atoms with van der Waals surface area (Å²) in [4.78, 5) is 2.55. The molecule has 19 heavy (non-hydrogen) atoms. The van der Waals surface area contributed by atoms with Crippen molar-refractivity contribution in [3.05, 3.63) is 35.4 Å². The molecule has 0 radical (unpaired) electrons. The number of nitrogens with zero attached hydrogens (tertiary/aromatic N) is 1. The Morgan fingerprint density at radius 1 is 1.00 bits per heavy atom. The lowest BCUT2D eigenvalue weighted by Gasteiger charge is -2.21. The smallest absolute Gasteiger partial charge is 0.0233 e. The fourth-order valence-corrected chi connectivity index (χ4v) is 2.47. The zero-order valence-electron chi connectivity index (χ0n) is 12.5. The van der Waals surface area contributed by atoms with Crippen LogP contribution < -0.4 is 5.32 Å². The van der Waals surface area contributed by atoms with Gasteiger partial charge in [0.15, 0.2) is 0 Å². The van der Waals surface area contributed by atoms with E-state index < -0.39 is 0 Å². The minimum Gasteiger partial charge on any atom is -0.310 e. The molecular weight excluding hydrogens is 232 g/mol. The van der Waals surface area contributed by atoms with Crippen molar-refractivity contribution in [2.24, 2.45) is 0 Å². The SMILES string of the molecule is CCCN(CCC)Cc1ccc(CNC2CC2)cc1. The fraction of sp³-hybridized carbons (Fsp3) is 0.647. The van der Waals surface area contributed by atoms with Crippen molar-refractivity contribution < 1.29 is 0 Å². The minimum absolute atomic E-state index is 0.796. The molecule has 0 aromatic heterocycles. The summed E-state index contributed by atoms with van der Waals surface area (Å²) in [6, 6.07) is 9.94. The Balaban J connectivity index is 1.81.